The number of alkyl halides is 3. The van der Waals surface area contributed by atoms with Crippen molar-refractivity contribution >= 4 is 29.0 Å². The van der Waals surface area contributed by atoms with E-state index in [2.05, 4.69) is 10.3 Å². The average Bonchev–Trinajstić information content (AvgIpc) is 2.49. The number of hydrogen-bond donors (Lipinski definition) is 1. The van der Waals surface area contributed by atoms with Crippen LogP contribution in [0.15, 0.2) is 24.4 Å². The molecule has 1 heterocycles. The van der Waals surface area contributed by atoms with Gasteiger partial charge >= 0.3 is 6.18 Å². The first kappa shape index (κ1) is 20.0. The Bertz CT molecular complexity index is 814. The van der Waals surface area contributed by atoms with Gasteiger partial charge in [-0.15, -0.1) is 0 Å². The molecular weight excluding hydrogens is 367 g/mol. The van der Waals surface area contributed by atoms with Crippen LogP contribution < -0.4 is 10.2 Å². The summed E-state index contributed by atoms with van der Waals surface area (Å²) in [4.78, 5) is 17.5. The number of anilines is 2. The van der Waals surface area contributed by atoms with Gasteiger partial charge in [0, 0.05) is 18.9 Å². The molecule has 140 valence electrons. The van der Waals surface area contributed by atoms with Crippen LogP contribution in [0.2, 0.25) is 5.02 Å². The molecule has 0 saturated carbocycles. The van der Waals surface area contributed by atoms with E-state index in [1.165, 1.54) is 11.9 Å². The fraction of sp³-hybridized carbons (Fsp3) is 0.333. The first-order chi connectivity index (χ1) is 12.0. The van der Waals surface area contributed by atoms with E-state index in [-0.39, 0.29) is 23.3 Å². The fourth-order valence-electron chi connectivity index (χ4n) is 2.71. The third kappa shape index (κ3) is 4.66. The molecule has 0 bridgehead atoms. The number of hydrogen-bond acceptors (Lipinski definition) is 3. The van der Waals surface area contributed by atoms with Gasteiger partial charge in [0.1, 0.15) is 5.82 Å². The number of carbonyl (C=O) groups excluding carboxylic acids is 1. The molecule has 1 aromatic carbocycles. The van der Waals surface area contributed by atoms with Crippen molar-refractivity contribution in [2.75, 3.05) is 23.8 Å². The van der Waals surface area contributed by atoms with E-state index < -0.39 is 11.7 Å². The smallest absolute Gasteiger partial charge is 0.349 e. The van der Waals surface area contributed by atoms with Crippen LogP contribution in [0.4, 0.5) is 24.7 Å². The Balaban J connectivity index is 2.13. The van der Waals surface area contributed by atoms with Crippen LogP contribution in [-0.2, 0) is 11.0 Å². The van der Waals surface area contributed by atoms with Gasteiger partial charge in [0.2, 0.25) is 5.91 Å². The van der Waals surface area contributed by atoms with Crippen molar-refractivity contribution in [3.63, 3.8) is 0 Å². The lowest BCUT2D eigenvalue weighted by atomic mass is 10.1. The molecular formula is C18H19ClF3N3O. The minimum atomic E-state index is -4.52. The zero-order chi connectivity index (χ0) is 19.6. The normalized spacial score (nSPS) is 11.4. The summed E-state index contributed by atoms with van der Waals surface area (Å²) in [5, 5.41) is 2.66. The van der Waals surface area contributed by atoms with Crippen molar-refractivity contribution < 1.29 is 18.0 Å². The lowest BCUT2D eigenvalue weighted by Gasteiger charge is -2.20. The molecule has 1 N–H and O–H groups in total. The molecule has 2 aromatic rings. The molecule has 1 amide bonds. The number of amides is 1. The minimum absolute atomic E-state index is 0.104. The second kappa shape index (κ2) is 7.53. The van der Waals surface area contributed by atoms with E-state index in [9.17, 15) is 18.0 Å². The molecule has 8 heteroatoms. The van der Waals surface area contributed by atoms with Gasteiger partial charge in [0.15, 0.2) is 0 Å². The first-order valence-electron chi connectivity index (χ1n) is 7.80. The summed E-state index contributed by atoms with van der Waals surface area (Å²) in [6, 6.07) is 4.72. The summed E-state index contributed by atoms with van der Waals surface area (Å²) in [5.41, 5.74) is 2.75. The third-order valence-corrected chi connectivity index (χ3v) is 4.11. The summed E-state index contributed by atoms with van der Waals surface area (Å²) in [7, 11) is 1.54. The van der Waals surface area contributed by atoms with Gasteiger partial charge in [-0.25, -0.2) is 4.98 Å². The van der Waals surface area contributed by atoms with E-state index in [0.29, 0.717) is 6.20 Å². The summed E-state index contributed by atoms with van der Waals surface area (Å²) in [6.45, 7) is 5.66. The summed E-state index contributed by atoms with van der Waals surface area (Å²) >= 11 is 5.91. The molecule has 0 fully saturated rings. The van der Waals surface area contributed by atoms with Gasteiger partial charge in [-0.2, -0.15) is 13.2 Å². The molecule has 1 aromatic heterocycles. The standard InChI is InChI=1S/C18H19ClF3N3O/c1-10-5-11(2)16(12(3)6-10)24-15(26)9-25(4)17-14(19)7-13(8-23-17)18(20,21)22/h5-8H,9H2,1-4H3,(H,24,26). The number of nitrogens with zero attached hydrogens (tertiary/aromatic N) is 2. The number of likely N-dealkylation sites (N-methyl/N-ethyl adjacent to an activating group) is 1. The van der Waals surface area contributed by atoms with Crippen molar-refractivity contribution in [3.8, 4) is 0 Å². The Hall–Kier alpha value is -2.28. The van der Waals surface area contributed by atoms with E-state index in [1.807, 2.05) is 32.9 Å². The Kier molecular flexibility index (Phi) is 5.81. The molecule has 0 saturated heterocycles. The molecule has 0 aliphatic carbocycles. The quantitative estimate of drug-likeness (QED) is 0.825. The zero-order valence-corrected chi connectivity index (χ0v) is 15.6. The van der Waals surface area contributed by atoms with Crippen molar-refractivity contribution in [2.45, 2.75) is 26.9 Å². The highest BCUT2D eigenvalue weighted by Crippen LogP contribution is 2.33. The molecule has 0 aliphatic rings. The van der Waals surface area contributed by atoms with Crippen molar-refractivity contribution in [3.05, 3.63) is 51.7 Å². The lowest BCUT2D eigenvalue weighted by molar-refractivity contribution is -0.137. The predicted molar refractivity (Wildman–Crippen MR) is 96.8 cm³/mol. The van der Waals surface area contributed by atoms with Gasteiger partial charge in [0.25, 0.3) is 0 Å². The monoisotopic (exact) mass is 385 g/mol. The number of aryl methyl sites for hydroxylation is 3. The van der Waals surface area contributed by atoms with E-state index in [0.717, 1.165) is 28.4 Å². The maximum Gasteiger partial charge on any atom is 0.417 e. The Morgan fingerprint density at radius 3 is 2.27 bits per heavy atom. The minimum Gasteiger partial charge on any atom is -0.349 e. The number of carbonyl (C=O) groups is 1. The van der Waals surface area contributed by atoms with Crippen LogP contribution in [0.25, 0.3) is 0 Å². The highest BCUT2D eigenvalue weighted by Gasteiger charge is 2.32. The van der Waals surface area contributed by atoms with Crippen molar-refractivity contribution in [1.29, 1.82) is 0 Å². The largest absolute Gasteiger partial charge is 0.417 e. The second-order valence-corrected chi connectivity index (χ2v) is 6.61. The van der Waals surface area contributed by atoms with Crippen molar-refractivity contribution in [2.24, 2.45) is 0 Å². The van der Waals surface area contributed by atoms with Crippen LogP contribution >= 0.6 is 11.6 Å². The van der Waals surface area contributed by atoms with Gasteiger partial charge in [-0.1, -0.05) is 29.3 Å². The molecule has 0 radical (unpaired) electrons. The van der Waals surface area contributed by atoms with Crippen LogP contribution in [0.5, 0.6) is 0 Å². The van der Waals surface area contributed by atoms with E-state index in [4.69, 9.17) is 11.6 Å². The number of halogens is 4. The fourth-order valence-corrected chi connectivity index (χ4v) is 3.02. The van der Waals surface area contributed by atoms with Gasteiger partial charge in [0.05, 0.1) is 17.1 Å². The Morgan fingerprint density at radius 2 is 1.77 bits per heavy atom. The van der Waals surface area contributed by atoms with Gasteiger partial charge in [-0.05, 0) is 38.0 Å². The SMILES string of the molecule is Cc1cc(C)c(NC(=O)CN(C)c2ncc(C(F)(F)F)cc2Cl)c(C)c1. The number of nitrogens with one attached hydrogen (secondary N) is 1. The lowest BCUT2D eigenvalue weighted by Crippen LogP contribution is -2.31. The second-order valence-electron chi connectivity index (χ2n) is 6.21. The molecule has 0 aliphatic heterocycles. The number of benzene rings is 1. The van der Waals surface area contributed by atoms with Crippen LogP contribution in [-0.4, -0.2) is 24.5 Å². The van der Waals surface area contributed by atoms with E-state index in [1.54, 1.807) is 0 Å². The summed E-state index contributed by atoms with van der Waals surface area (Å²) in [6.07, 6.45) is -3.82. The number of pyridine rings is 1. The van der Waals surface area contributed by atoms with Crippen molar-refractivity contribution in [1.82, 2.24) is 4.98 Å². The molecule has 4 nitrogen and oxygen atoms in total. The predicted octanol–water partition coefficient (Wildman–Crippen LogP) is 4.75. The third-order valence-electron chi connectivity index (χ3n) is 3.83. The highest BCUT2D eigenvalue weighted by molar-refractivity contribution is 6.33. The maximum absolute atomic E-state index is 12.7. The molecule has 0 unspecified atom stereocenters. The first-order valence-corrected chi connectivity index (χ1v) is 8.18. The molecule has 26 heavy (non-hydrogen) atoms. The number of rotatable bonds is 4. The van der Waals surface area contributed by atoms with E-state index >= 15 is 0 Å². The Labute approximate surface area is 155 Å². The van der Waals surface area contributed by atoms with Gasteiger partial charge in [-0.3, -0.25) is 4.79 Å². The van der Waals surface area contributed by atoms with Gasteiger partial charge < -0.3 is 10.2 Å². The van der Waals surface area contributed by atoms with Crippen LogP contribution in [0, 0.1) is 20.8 Å². The van der Waals surface area contributed by atoms with Crippen LogP contribution in [0.1, 0.15) is 22.3 Å². The summed E-state index contributed by atoms with van der Waals surface area (Å²) < 4.78 is 38.0. The Morgan fingerprint density at radius 1 is 1.19 bits per heavy atom. The average molecular weight is 386 g/mol. The zero-order valence-electron chi connectivity index (χ0n) is 14.8. The summed E-state index contributed by atoms with van der Waals surface area (Å²) in [5.74, 6) is -0.215. The molecule has 2 rings (SSSR count). The number of aromatic nitrogens is 1. The topological polar surface area (TPSA) is 45.2 Å². The molecule has 0 spiro atoms. The van der Waals surface area contributed by atoms with Crippen LogP contribution in [0.3, 0.4) is 0 Å². The molecule has 0 atom stereocenters. The maximum atomic E-state index is 12.7. The highest BCUT2D eigenvalue weighted by atomic mass is 35.5.